The zero-order chi connectivity index (χ0) is 11.9. The van der Waals surface area contributed by atoms with Crippen LogP contribution in [0.5, 0.6) is 0 Å². The minimum atomic E-state index is 0.944. The van der Waals surface area contributed by atoms with Crippen molar-refractivity contribution in [1.82, 2.24) is 9.97 Å². The maximum atomic E-state index is 4.67. The number of fused-ring (bicyclic) bond motifs is 2. The van der Waals surface area contributed by atoms with Gasteiger partial charge in [-0.2, -0.15) is 0 Å². The number of benzene rings is 1. The Balaban J connectivity index is 1.93. The molecule has 2 nitrogen and oxygen atoms in total. The standard InChI is InChI=1S/C14H8N2S2/c1-2-4-10-9(3-1)15-8-11(16-10)13-7-14-12(18-13)5-6-17-14/h1-8H. The maximum absolute atomic E-state index is 4.67. The van der Waals surface area contributed by atoms with Crippen molar-refractivity contribution in [2.45, 2.75) is 0 Å². The van der Waals surface area contributed by atoms with Gasteiger partial charge in [-0.05, 0) is 29.6 Å². The SMILES string of the molecule is c1ccc2nc(-c3cc4sccc4s3)cnc2c1. The number of hydrogen-bond acceptors (Lipinski definition) is 4. The first-order valence-corrected chi connectivity index (χ1v) is 7.29. The molecule has 4 heteroatoms. The summed E-state index contributed by atoms with van der Waals surface area (Å²) in [6.45, 7) is 0. The summed E-state index contributed by atoms with van der Waals surface area (Å²) in [5.41, 5.74) is 2.86. The summed E-state index contributed by atoms with van der Waals surface area (Å²) >= 11 is 3.54. The molecule has 0 amide bonds. The highest BCUT2D eigenvalue weighted by molar-refractivity contribution is 7.28. The van der Waals surface area contributed by atoms with Gasteiger partial charge in [0.1, 0.15) is 0 Å². The lowest BCUT2D eigenvalue weighted by atomic mass is 10.3. The van der Waals surface area contributed by atoms with E-state index in [0.717, 1.165) is 16.7 Å². The highest BCUT2D eigenvalue weighted by Crippen LogP contribution is 2.35. The first-order valence-electron chi connectivity index (χ1n) is 5.59. The fourth-order valence-electron chi connectivity index (χ4n) is 1.97. The predicted molar refractivity (Wildman–Crippen MR) is 78.2 cm³/mol. The fraction of sp³-hybridized carbons (Fsp3) is 0. The number of hydrogen-bond donors (Lipinski definition) is 0. The molecule has 4 rings (SSSR count). The maximum Gasteiger partial charge on any atom is 0.0993 e. The van der Waals surface area contributed by atoms with Crippen LogP contribution in [0.15, 0.2) is 48.0 Å². The van der Waals surface area contributed by atoms with E-state index in [9.17, 15) is 0 Å². The lowest BCUT2D eigenvalue weighted by Gasteiger charge is -1.99. The third-order valence-electron chi connectivity index (χ3n) is 2.84. The second kappa shape index (κ2) is 3.86. The van der Waals surface area contributed by atoms with E-state index in [1.54, 1.807) is 22.7 Å². The molecule has 0 bridgehead atoms. The highest BCUT2D eigenvalue weighted by atomic mass is 32.1. The molecule has 1 aromatic carbocycles. The van der Waals surface area contributed by atoms with Crippen LogP contribution in [0.3, 0.4) is 0 Å². The summed E-state index contributed by atoms with van der Waals surface area (Å²) in [7, 11) is 0. The van der Waals surface area contributed by atoms with Gasteiger partial charge in [-0.1, -0.05) is 12.1 Å². The minimum Gasteiger partial charge on any atom is -0.252 e. The molecular weight excluding hydrogens is 260 g/mol. The average Bonchev–Trinajstić information content (AvgIpc) is 2.99. The quantitative estimate of drug-likeness (QED) is 0.505. The molecule has 0 aliphatic carbocycles. The molecule has 0 N–H and O–H groups in total. The van der Waals surface area contributed by atoms with Gasteiger partial charge in [-0.3, -0.25) is 4.98 Å². The summed E-state index contributed by atoms with van der Waals surface area (Å²) in [4.78, 5) is 10.3. The summed E-state index contributed by atoms with van der Waals surface area (Å²) in [5, 5.41) is 2.12. The Morgan fingerprint density at radius 2 is 1.83 bits per heavy atom. The lowest BCUT2D eigenvalue weighted by Crippen LogP contribution is -1.85. The van der Waals surface area contributed by atoms with Gasteiger partial charge >= 0.3 is 0 Å². The van der Waals surface area contributed by atoms with Crippen LogP contribution >= 0.6 is 22.7 Å². The first kappa shape index (κ1) is 10.2. The summed E-state index contributed by atoms with van der Waals surface area (Å²) in [6.07, 6.45) is 1.86. The molecule has 0 atom stereocenters. The van der Waals surface area contributed by atoms with E-state index >= 15 is 0 Å². The van der Waals surface area contributed by atoms with Gasteiger partial charge in [0, 0.05) is 9.40 Å². The molecule has 0 saturated heterocycles. The van der Waals surface area contributed by atoms with Crippen LogP contribution in [0, 0.1) is 0 Å². The zero-order valence-electron chi connectivity index (χ0n) is 9.33. The van der Waals surface area contributed by atoms with Crippen molar-refractivity contribution < 1.29 is 0 Å². The summed E-state index contributed by atoms with van der Waals surface area (Å²) in [6, 6.07) is 12.3. The van der Waals surface area contributed by atoms with Crippen LogP contribution in [0.2, 0.25) is 0 Å². The molecule has 0 fully saturated rings. The fourth-order valence-corrected chi connectivity index (χ4v) is 4.03. The number of para-hydroxylation sites is 2. The monoisotopic (exact) mass is 268 g/mol. The number of thiophene rings is 2. The summed E-state index contributed by atoms with van der Waals surface area (Å²) < 4.78 is 2.65. The van der Waals surface area contributed by atoms with Crippen molar-refractivity contribution in [2.24, 2.45) is 0 Å². The topological polar surface area (TPSA) is 25.8 Å². The van der Waals surface area contributed by atoms with E-state index in [1.807, 2.05) is 30.5 Å². The molecule has 18 heavy (non-hydrogen) atoms. The van der Waals surface area contributed by atoms with E-state index in [2.05, 4.69) is 27.5 Å². The van der Waals surface area contributed by atoms with Gasteiger partial charge in [0.15, 0.2) is 0 Å². The number of aromatic nitrogens is 2. The van der Waals surface area contributed by atoms with Crippen molar-refractivity contribution in [1.29, 1.82) is 0 Å². The van der Waals surface area contributed by atoms with Crippen LogP contribution < -0.4 is 0 Å². The number of rotatable bonds is 1. The Morgan fingerprint density at radius 3 is 2.72 bits per heavy atom. The Hall–Kier alpha value is -1.78. The molecule has 3 heterocycles. The molecule has 0 saturated carbocycles. The molecule has 0 unspecified atom stereocenters. The van der Waals surface area contributed by atoms with E-state index in [0.29, 0.717) is 0 Å². The Bertz CT molecular complexity index is 816. The van der Waals surface area contributed by atoms with Crippen LogP contribution in [0.4, 0.5) is 0 Å². The molecule has 4 aromatic rings. The lowest BCUT2D eigenvalue weighted by molar-refractivity contribution is 1.30. The zero-order valence-corrected chi connectivity index (χ0v) is 11.0. The van der Waals surface area contributed by atoms with Crippen molar-refractivity contribution in [3.63, 3.8) is 0 Å². The second-order valence-corrected chi connectivity index (χ2v) is 6.04. The van der Waals surface area contributed by atoms with Gasteiger partial charge in [0.25, 0.3) is 0 Å². The molecule has 0 aliphatic rings. The minimum absolute atomic E-state index is 0.944. The van der Waals surface area contributed by atoms with Crippen molar-refractivity contribution in [3.8, 4) is 10.6 Å². The Kier molecular flexibility index (Phi) is 2.18. The molecule has 0 aliphatic heterocycles. The number of nitrogens with zero attached hydrogens (tertiary/aromatic N) is 2. The first-order chi connectivity index (χ1) is 8.90. The molecule has 0 radical (unpaired) electrons. The van der Waals surface area contributed by atoms with Crippen molar-refractivity contribution in [3.05, 3.63) is 48.0 Å². The van der Waals surface area contributed by atoms with Crippen molar-refractivity contribution >= 4 is 43.1 Å². The van der Waals surface area contributed by atoms with Crippen LogP contribution in [-0.4, -0.2) is 9.97 Å². The van der Waals surface area contributed by atoms with E-state index in [4.69, 9.17) is 0 Å². The van der Waals surface area contributed by atoms with E-state index < -0.39 is 0 Å². The van der Waals surface area contributed by atoms with Gasteiger partial charge in [-0.15, -0.1) is 22.7 Å². The van der Waals surface area contributed by atoms with Gasteiger partial charge in [0.2, 0.25) is 0 Å². The smallest absolute Gasteiger partial charge is 0.0993 e. The van der Waals surface area contributed by atoms with Crippen LogP contribution in [-0.2, 0) is 0 Å². The Labute approximate surface area is 112 Å². The van der Waals surface area contributed by atoms with Crippen LogP contribution in [0.25, 0.3) is 31.0 Å². The highest BCUT2D eigenvalue weighted by Gasteiger charge is 2.07. The van der Waals surface area contributed by atoms with Crippen LogP contribution in [0.1, 0.15) is 0 Å². The molecule has 86 valence electrons. The van der Waals surface area contributed by atoms with Gasteiger partial charge in [0.05, 0.1) is 27.8 Å². The third kappa shape index (κ3) is 1.54. The normalized spacial score (nSPS) is 11.3. The largest absolute Gasteiger partial charge is 0.252 e. The van der Waals surface area contributed by atoms with Crippen molar-refractivity contribution in [2.75, 3.05) is 0 Å². The molecule has 3 aromatic heterocycles. The predicted octanol–water partition coefficient (Wildman–Crippen LogP) is 4.57. The second-order valence-electron chi connectivity index (χ2n) is 4.00. The summed E-state index contributed by atoms with van der Waals surface area (Å²) in [5.74, 6) is 0. The Morgan fingerprint density at radius 1 is 0.944 bits per heavy atom. The molecular formula is C14H8N2S2. The average molecular weight is 268 g/mol. The van der Waals surface area contributed by atoms with E-state index in [1.165, 1.54) is 14.3 Å². The van der Waals surface area contributed by atoms with E-state index in [-0.39, 0.29) is 0 Å². The van der Waals surface area contributed by atoms with Gasteiger partial charge < -0.3 is 0 Å². The third-order valence-corrected chi connectivity index (χ3v) is 4.96. The molecule has 0 spiro atoms. The van der Waals surface area contributed by atoms with Gasteiger partial charge in [-0.25, -0.2) is 4.98 Å².